The summed E-state index contributed by atoms with van der Waals surface area (Å²) in [4.78, 5) is 22.8. The van der Waals surface area contributed by atoms with Gasteiger partial charge in [-0.1, -0.05) is 6.07 Å². The van der Waals surface area contributed by atoms with Gasteiger partial charge in [0.1, 0.15) is 0 Å². The third kappa shape index (κ3) is 5.34. The average Bonchev–Trinajstić information content (AvgIpc) is 2.69. The van der Waals surface area contributed by atoms with Crippen LogP contribution in [0.5, 0.6) is 0 Å². The minimum Gasteiger partial charge on any atom is -0.379 e. The third-order valence-corrected chi connectivity index (χ3v) is 4.43. The van der Waals surface area contributed by atoms with E-state index in [4.69, 9.17) is 4.74 Å². The average molecular weight is 340 g/mol. The molecule has 2 aromatic rings. The molecule has 0 saturated carbocycles. The maximum atomic E-state index is 12.2. The Bertz CT molecular complexity index is 645. The van der Waals surface area contributed by atoms with Crippen LogP contribution in [-0.4, -0.2) is 53.6 Å². The number of pyridine rings is 2. The van der Waals surface area contributed by atoms with Crippen molar-refractivity contribution in [2.24, 2.45) is 0 Å². The number of aryl methyl sites for hydroxylation is 1. The molecule has 0 unspecified atom stereocenters. The van der Waals surface area contributed by atoms with Crippen molar-refractivity contribution in [2.75, 3.05) is 32.8 Å². The van der Waals surface area contributed by atoms with Gasteiger partial charge in [-0.15, -0.1) is 0 Å². The molecule has 0 spiro atoms. The van der Waals surface area contributed by atoms with Crippen molar-refractivity contribution in [1.82, 2.24) is 20.2 Å². The lowest BCUT2D eigenvalue weighted by Crippen LogP contribution is -2.43. The van der Waals surface area contributed by atoms with E-state index in [-0.39, 0.29) is 11.9 Å². The number of amides is 1. The fraction of sp³-hybridized carbons (Fsp3) is 0.421. The Hall–Kier alpha value is -2.31. The number of ether oxygens (including phenoxy) is 1. The van der Waals surface area contributed by atoms with Crippen molar-refractivity contribution < 1.29 is 9.53 Å². The highest BCUT2D eigenvalue weighted by Crippen LogP contribution is 2.20. The van der Waals surface area contributed by atoms with E-state index >= 15 is 0 Å². The number of aromatic nitrogens is 2. The Morgan fingerprint density at radius 3 is 2.68 bits per heavy atom. The van der Waals surface area contributed by atoms with Crippen LogP contribution in [-0.2, 0) is 16.0 Å². The molecule has 0 aromatic carbocycles. The summed E-state index contributed by atoms with van der Waals surface area (Å²) in [6.45, 7) is 3.81. The van der Waals surface area contributed by atoms with Crippen LogP contribution in [0.4, 0.5) is 0 Å². The molecule has 1 amide bonds. The lowest BCUT2D eigenvalue weighted by atomic mass is 10.1. The highest BCUT2D eigenvalue weighted by Gasteiger charge is 2.23. The molecule has 3 heterocycles. The second-order valence-corrected chi connectivity index (χ2v) is 6.11. The topological polar surface area (TPSA) is 67.4 Å². The number of nitrogens with zero attached hydrogens (tertiary/aromatic N) is 3. The zero-order valence-corrected chi connectivity index (χ0v) is 14.3. The Labute approximate surface area is 148 Å². The Morgan fingerprint density at radius 1 is 1.16 bits per heavy atom. The quantitative estimate of drug-likeness (QED) is 0.829. The van der Waals surface area contributed by atoms with E-state index < -0.39 is 0 Å². The van der Waals surface area contributed by atoms with Crippen LogP contribution in [0.2, 0.25) is 0 Å². The Balaban J connectivity index is 1.55. The van der Waals surface area contributed by atoms with Crippen molar-refractivity contribution in [1.29, 1.82) is 0 Å². The lowest BCUT2D eigenvalue weighted by Gasteiger charge is -2.34. The largest absolute Gasteiger partial charge is 0.379 e. The van der Waals surface area contributed by atoms with Crippen molar-refractivity contribution in [3.63, 3.8) is 0 Å². The summed E-state index contributed by atoms with van der Waals surface area (Å²) in [6, 6.07) is 8.07. The van der Waals surface area contributed by atoms with E-state index in [0.29, 0.717) is 19.4 Å². The molecule has 0 aliphatic carbocycles. The highest BCUT2D eigenvalue weighted by atomic mass is 16.5. The second kappa shape index (κ2) is 9.25. The molecule has 6 nitrogen and oxygen atoms in total. The minimum atomic E-state index is 0.0659. The van der Waals surface area contributed by atoms with Crippen molar-refractivity contribution in [3.05, 3.63) is 60.2 Å². The lowest BCUT2D eigenvalue weighted by molar-refractivity contribution is -0.121. The van der Waals surface area contributed by atoms with Crippen LogP contribution < -0.4 is 5.32 Å². The van der Waals surface area contributed by atoms with Crippen molar-refractivity contribution in [3.8, 4) is 0 Å². The van der Waals surface area contributed by atoms with Crippen LogP contribution in [0.15, 0.2) is 49.1 Å². The van der Waals surface area contributed by atoms with Crippen LogP contribution in [0.3, 0.4) is 0 Å². The van der Waals surface area contributed by atoms with Gasteiger partial charge in [0.25, 0.3) is 0 Å². The molecule has 1 saturated heterocycles. The molecule has 0 bridgehead atoms. The molecular formula is C19H24N4O2. The van der Waals surface area contributed by atoms with Gasteiger partial charge in [0.15, 0.2) is 0 Å². The summed E-state index contributed by atoms with van der Waals surface area (Å²) >= 11 is 0. The number of hydrogen-bond acceptors (Lipinski definition) is 5. The minimum absolute atomic E-state index is 0.0659. The highest BCUT2D eigenvalue weighted by molar-refractivity contribution is 5.76. The number of morpholine rings is 1. The van der Waals surface area contributed by atoms with Crippen LogP contribution in [0.1, 0.15) is 23.6 Å². The fourth-order valence-corrected chi connectivity index (χ4v) is 3.04. The number of rotatable bonds is 7. The second-order valence-electron chi connectivity index (χ2n) is 6.11. The van der Waals surface area contributed by atoms with E-state index in [0.717, 1.165) is 31.9 Å². The first-order valence-electron chi connectivity index (χ1n) is 8.70. The molecule has 1 fully saturated rings. The van der Waals surface area contributed by atoms with E-state index in [2.05, 4.69) is 20.2 Å². The zero-order chi connectivity index (χ0) is 17.3. The van der Waals surface area contributed by atoms with Gasteiger partial charge in [-0.2, -0.15) is 0 Å². The maximum absolute atomic E-state index is 12.2. The molecule has 3 rings (SSSR count). The first kappa shape index (κ1) is 17.5. The molecule has 1 atom stereocenters. The first-order valence-corrected chi connectivity index (χ1v) is 8.70. The van der Waals surface area contributed by atoms with Crippen molar-refractivity contribution >= 4 is 5.91 Å². The normalized spacial score (nSPS) is 16.3. The molecule has 6 heteroatoms. The fourth-order valence-electron chi connectivity index (χ4n) is 3.04. The third-order valence-electron chi connectivity index (χ3n) is 4.43. The van der Waals surface area contributed by atoms with Gasteiger partial charge >= 0.3 is 0 Å². The molecule has 25 heavy (non-hydrogen) atoms. The van der Waals surface area contributed by atoms with Gasteiger partial charge in [-0.05, 0) is 35.7 Å². The van der Waals surface area contributed by atoms with E-state index in [1.54, 1.807) is 24.8 Å². The predicted molar refractivity (Wildman–Crippen MR) is 94.9 cm³/mol. The maximum Gasteiger partial charge on any atom is 0.220 e. The summed E-state index contributed by atoms with van der Waals surface area (Å²) in [7, 11) is 0. The number of carbonyl (C=O) groups excluding carboxylic acids is 1. The summed E-state index contributed by atoms with van der Waals surface area (Å²) in [5.41, 5.74) is 2.25. The molecular weight excluding hydrogens is 316 g/mol. The molecule has 132 valence electrons. The van der Waals surface area contributed by atoms with Crippen LogP contribution in [0.25, 0.3) is 0 Å². The van der Waals surface area contributed by atoms with E-state index in [1.807, 2.05) is 24.3 Å². The van der Waals surface area contributed by atoms with E-state index in [1.165, 1.54) is 5.56 Å². The van der Waals surface area contributed by atoms with Gasteiger partial charge < -0.3 is 10.1 Å². The monoisotopic (exact) mass is 340 g/mol. The molecule has 1 aliphatic heterocycles. The smallest absolute Gasteiger partial charge is 0.220 e. The molecule has 1 N–H and O–H groups in total. The SMILES string of the molecule is O=C(CCc1cccnc1)NC[C@H](c1ccncc1)N1CCOCC1. The number of carbonyl (C=O) groups is 1. The summed E-state index contributed by atoms with van der Waals surface area (Å²) in [6.07, 6.45) is 8.32. The van der Waals surface area contributed by atoms with Crippen molar-refractivity contribution in [2.45, 2.75) is 18.9 Å². The summed E-state index contributed by atoms with van der Waals surface area (Å²) in [5.74, 6) is 0.0659. The Kier molecular flexibility index (Phi) is 6.48. The van der Waals surface area contributed by atoms with E-state index in [9.17, 15) is 4.79 Å². The van der Waals surface area contributed by atoms with Crippen LogP contribution >= 0.6 is 0 Å². The van der Waals surface area contributed by atoms with Gasteiger partial charge in [-0.25, -0.2) is 0 Å². The molecule has 2 aromatic heterocycles. The summed E-state index contributed by atoms with van der Waals surface area (Å²) in [5, 5.41) is 3.09. The zero-order valence-electron chi connectivity index (χ0n) is 14.3. The summed E-state index contributed by atoms with van der Waals surface area (Å²) < 4.78 is 5.45. The van der Waals surface area contributed by atoms with Gasteiger partial charge in [0, 0.05) is 50.8 Å². The number of hydrogen-bond donors (Lipinski definition) is 1. The Morgan fingerprint density at radius 2 is 1.96 bits per heavy atom. The van der Waals surface area contributed by atoms with Gasteiger partial charge in [-0.3, -0.25) is 19.7 Å². The molecule has 1 aliphatic rings. The van der Waals surface area contributed by atoms with Gasteiger partial charge in [0.2, 0.25) is 5.91 Å². The van der Waals surface area contributed by atoms with Crippen LogP contribution in [0, 0.1) is 0 Å². The number of nitrogens with one attached hydrogen (secondary N) is 1. The first-order chi connectivity index (χ1) is 12.3. The standard InChI is InChI=1S/C19H24N4O2/c24-19(4-3-16-2-1-7-21-14-16)22-15-18(17-5-8-20-9-6-17)23-10-12-25-13-11-23/h1-2,5-9,14,18H,3-4,10-13,15H2,(H,22,24)/t18-/m1/s1. The van der Waals surface area contributed by atoms with Gasteiger partial charge in [0.05, 0.1) is 19.3 Å². The molecule has 0 radical (unpaired) electrons. The predicted octanol–water partition coefficient (Wildman–Crippen LogP) is 1.60.